The van der Waals surface area contributed by atoms with Crippen molar-refractivity contribution in [3.8, 4) is 22.9 Å². The third-order valence-electron chi connectivity index (χ3n) is 4.95. The van der Waals surface area contributed by atoms with E-state index >= 15 is 0 Å². The summed E-state index contributed by atoms with van der Waals surface area (Å²) in [4.78, 5) is 12.3. The van der Waals surface area contributed by atoms with Gasteiger partial charge < -0.3 is 14.8 Å². The molecular weight excluding hydrogens is 407 g/mol. The minimum Gasteiger partial charge on any atom is -0.454 e. The number of hydrogen-bond acceptors (Lipinski definition) is 6. The van der Waals surface area contributed by atoms with Crippen molar-refractivity contribution in [3.05, 3.63) is 53.8 Å². The number of thioether (sulfide) groups is 1. The lowest BCUT2D eigenvalue weighted by Gasteiger charge is -2.10. The van der Waals surface area contributed by atoms with Crippen LogP contribution in [0.1, 0.15) is 24.4 Å². The van der Waals surface area contributed by atoms with Gasteiger partial charge in [0.25, 0.3) is 0 Å². The molecule has 7 nitrogen and oxygen atoms in total. The molecule has 2 heterocycles. The normalized spacial score (nSPS) is 14.7. The molecular formula is C21H19FN4O3S. The molecule has 0 saturated heterocycles. The first-order valence-electron chi connectivity index (χ1n) is 9.67. The van der Waals surface area contributed by atoms with Crippen LogP contribution in [0.15, 0.2) is 47.6 Å². The third kappa shape index (κ3) is 3.85. The van der Waals surface area contributed by atoms with Crippen LogP contribution in [0.25, 0.3) is 11.4 Å². The van der Waals surface area contributed by atoms with Crippen LogP contribution < -0.4 is 14.8 Å². The zero-order valence-corrected chi connectivity index (χ0v) is 16.8. The molecule has 1 amide bonds. The lowest BCUT2D eigenvalue weighted by molar-refractivity contribution is -0.118. The maximum Gasteiger partial charge on any atom is 0.231 e. The van der Waals surface area contributed by atoms with Crippen molar-refractivity contribution in [1.29, 1.82) is 0 Å². The number of carbonyl (C=O) groups excluding carboxylic acids is 1. The second kappa shape index (κ2) is 7.98. The summed E-state index contributed by atoms with van der Waals surface area (Å²) in [5, 5.41) is 12.0. The van der Waals surface area contributed by atoms with Gasteiger partial charge in [-0.2, -0.15) is 0 Å². The Hall–Kier alpha value is -3.07. The van der Waals surface area contributed by atoms with E-state index in [4.69, 9.17) is 9.47 Å². The van der Waals surface area contributed by atoms with Gasteiger partial charge in [0.2, 0.25) is 12.7 Å². The van der Waals surface area contributed by atoms with E-state index in [0.717, 1.165) is 18.4 Å². The van der Waals surface area contributed by atoms with Gasteiger partial charge in [-0.25, -0.2) is 4.39 Å². The van der Waals surface area contributed by atoms with Crippen molar-refractivity contribution >= 4 is 17.7 Å². The highest BCUT2D eigenvalue weighted by atomic mass is 32.2. The molecule has 2 aromatic carbocycles. The molecule has 1 N–H and O–H groups in total. The van der Waals surface area contributed by atoms with Gasteiger partial charge in [0, 0.05) is 12.6 Å². The van der Waals surface area contributed by atoms with E-state index in [0.29, 0.717) is 34.6 Å². The maximum absolute atomic E-state index is 14.2. The van der Waals surface area contributed by atoms with Crippen molar-refractivity contribution in [1.82, 2.24) is 20.1 Å². The number of nitrogens with one attached hydrogen (secondary N) is 1. The first kappa shape index (κ1) is 18.9. The predicted molar refractivity (Wildman–Crippen MR) is 109 cm³/mol. The van der Waals surface area contributed by atoms with Crippen molar-refractivity contribution in [3.63, 3.8) is 0 Å². The second-order valence-electron chi connectivity index (χ2n) is 7.14. The first-order valence-corrected chi connectivity index (χ1v) is 10.7. The first-order chi connectivity index (χ1) is 14.7. The van der Waals surface area contributed by atoms with Gasteiger partial charge in [-0.15, -0.1) is 10.2 Å². The molecule has 2 aliphatic rings. The standard InChI is InChI=1S/C21H19FN4O3S/c22-16-4-2-1-3-15(16)20-24-25-21(26(20)14-6-7-14)30-11-19(27)23-10-13-5-8-17-18(9-13)29-12-28-17/h1-5,8-9,14H,6-7,10-12H2,(H,23,27). The number of ether oxygens (including phenoxy) is 2. The van der Waals surface area contributed by atoms with Gasteiger partial charge in [0.15, 0.2) is 22.5 Å². The summed E-state index contributed by atoms with van der Waals surface area (Å²) in [6, 6.07) is 12.4. The molecule has 30 heavy (non-hydrogen) atoms. The number of amides is 1. The highest BCUT2D eigenvalue weighted by molar-refractivity contribution is 7.99. The Balaban J connectivity index is 1.23. The number of hydrogen-bond donors (Lipinski definition) is 1. The van der Waals surface area contributed by atoms with Crippen LogP contribution in [0, 0.1) is 5.82 Å². The fraction of sp³-hybridized carbons (Fsp3) is 0.286. The molecule has 0 spiro atoms. The molecule has 3 aromatic rings. The Kier molecular flexibility index (Phi) is 5.04. The summed E-state index contributed by atoms with van der Waals surface area (Å²) in [5.74, 6) is 1.67. The Morgan fingerprint density at radius 1 is 1.17 bits per heavy atom. The Bertz CT molecular complexity index is 1100. The SMILES string of the molecule is O=C(CSc1nnc(-c2ccccc2F)n1C1CC1)NCc1ccc2c(c1)OCO2. The highest BCUT2D eigenvalue weighted by Gasteiger charge is 2.31. The van der Waals surface area contributed by atoms with Crippen molar-refractivity contribution in [2.75, 3.05) is 12.5 Å². The van der Waals surface area contributed by atoms with Crippen LogP contribution in [-0.4, -0.2) is 33.2 Å². The minimum atomic E-state index is -0.329. The van der Waals surface area contributed by atoms with E-state index < -0.39 is 0 Å². The molecule has 9 heteroatoms. The molecule has 0 atom stereocenters. The fourth-order valence-electron chi connectivity index (χ4n) is 3.30. The molecule has 1 aliphatic carbocycles. The second-order valence-corrected chi connectivity index (χ2v) is 8.08. The molecule has 0 unspecified atom stereocenters. The average Bonchev–Trinajstić information content (AvgIpc) is 3.33. The number of fused-ring (bicyclic) bond motifs is 1. The Labute approximate surface area is 176 Å². The molecule has 1 saturated carbocycles. The van der Waals surface area contributed by atoms with Crippen LogP contribution in [0.3, 0.4) is 0 Å². The predicted octanol–water partition coefficient (Wildman–Crippen LogP) is 3.56. The number of nitrogens with zero attached hydrogens (tertiary/aromatic N) is 3. The van der Waals surface area contributed by atoms with E-state index in [1.54, 1.807) is 18.2 Å². The maximum atomic E-state index is 14.2. The van der Waals surface area contributed by atoms with Crippen molar-refractivity contribution in [2.45, 2.75) is 30.6 Å². The van der Waals surface area contributed by atoms with Crippen LogP contribution in [0.2, 0.25) is 0 Å². The largest absolute Gasteiger partial charge is 0.454 e. The highest BCUT2D eigenvalue weighted by Crippen LogP contribution is 2.41. The van der Waals surface area contributed by atoms with E-state index in [1.165, 1.54) is 17.8 Å². The summed E-state index contributed by atoms with van der Waals surface area (Å²) >= 11 is 1.31. The molecule has 1 aromatic heterocycles. The van der Waals surface area contributed by atoms with Crippen LogP contribution >= 0.6 is 11.8 Å². The molecule has 0 bridgehead atoms. The van der Waals surface area contributed by atoms with E-state index in [2.05, 4.69) is 15.5 Å². The molecule has 5 rings (SSSR count). The summed E-state index contributed by atoms with van der Waals surface area (Å²) in [6.07, 6.45) is 2.01. The average molecular weight is 426 g/mol. The number of aromatic nitrogens is 3. The van der Waals surface area contributed by atoms with Gasteiger partial charge >= 0.3 is 0 Å². The molecule has 1 aliphatic heterocycles. The topological polar surface area (TPSA) is 78.3 Å². The van der Waals surface area contributed by atoms with Crippen molar-refractivity contribution in [2.24, 2.45) is 0 Å². The molecule has 0 radical (unpaired) electrons. The van der Waals surface area contributed by atoms with Crippen LogP contribution in [0.4, 0.5) is 4.39 Å². The zero-order chi connectivity index (χ0) is 20.5. The van der Waals surface area contributed by atoms with E-state index in [9.17, 15) is 9.18 Å². The van der Waals surface area contributed by atoms with Crippen molar-refractivity contribution < 1.29 is 18.7 Å². The van der Waals surface area contributed by atoms with E-state index in [1.807, 2.05) is 22.8 Å². The number of halogens is 1. The Morgan fingerprint density at radius 2 is 2.00 bits per heavy atom. The van der Waals surface area contributed by atoms with E-state index in [-0.39, 0.29) is 30.3 Å². The summed E-state index contributed by atoms with van der Waals surface area (Å²) in [6.45, 7) is 0.615. The van der Waals surface area contributed by atoms with Gasteiger partial charge in [-0.1, -0.05) is 30.0 Å². The Morgan fingerprint density at radius 3 is 2.83 bits per heavy atom. The lowest BCUT2D eigenvalue weighted by atomic mass is 10.2. The summed E-state index contributed by atoms with van der Waals surface area (Å²) < 4.78 is 26.8. The zero-order valence-electron chi connectivity index (χ0n) is 16.0. The van der Waals surface area contributed by atoms with Crippen LogP contribution in [-0.2, 0) is 11.3 Å². The quantitative estimate of drug-likeness (QED) is 0.582. The summed E-state index contributed by atoms with van der Waals surface area (Å²) in [5.41, 5.74) is 1.36. The number of benzene rings is 2. The van der Waals surface area contributed by atoms with Gasteiger partial charge in [-0.3, -0.25) is 9.36 Å². The van der Waals surface area contributed by atoms with Crippen LogP contribution in [0.5, 0.6) is 11.5 Å². The monoisotopic (exact) mass is 426 g/mol. The third-order valence-corrected chi connectivity index (χ3v) is 5.89. The smallest absolute Gasteiger partial charge is 0.231 e. The summed E-state index contributed by atoms with van der Waals surface area (Å²) in [7, 11) is 0. The van der Waals surface area contributed by atoms with Gasteiger partial charge in [0.1, 0.15) is 5.82 Å². The number of rotatable bonds is 7. The fourth-order valence-corrected chi connectivity index (χ4v) is 4.13. The molecule has 1 fully saturated rings. The molecule has 154 valence electrons. The van der Waals surface area contributed by atoms with Gasteiger partial charge in [0.05, 0.1) is 11.3 Å². The lowest BCUT2D eigenvalue weighted by Crippen LogP contribution is -2.24. The minimum absolute atomic E-state index is 0.115. The number of carbonyl (C=O) groups is 1. The van der Waals surface area contributed by atoms with Gasteiger partial charge in [-0.05, 0) is 42.7 Å².